The molecular weight excluding hydrogens is 279 g/mol. The molecule has 0 aliphatic carbocycles. The van der Waals surface area contributed by atoms with E-state index in [9.17, 15) is 0 Å². The first kappa shape index (κ1) is 14.0. The minimum atomic E-state index is 0.205. The molecule has 19 heavy (non-hydrogen) atoms. The van der Waals surface area contributed by atoms with E-state index in [1.54, 1.807) is 0 Å². The van der Waals surface area contributed by atoms with Crippen molar-refractivity contribution in [3.8, 4) is 0 Å². The maximum Gasteiger partial charge on any atom is 0.0638 e. The van der Waals surface area contributed by atoms with Crippen molar-refractivity contribution >= 4 is 34.6 Å². The normalized spacial score (nSPS) is 12.3. The van der Waals surface area contributed by atoms with E-state index < -0.39 is 0 Å². The molecule has 100 valence electrons. The molecule has 0 fully saturated rings. The van der Waals surface area contributed by atoms with E-state index in [1.165, 1.54) is 5.56 Å². The summed E-state index contributed by atoms with van der Waals surface area (Å²) < 4.78 is 0. The number of halogens is 2. The molecule has 1 atom stereocenters. The average molecular weight is 295 g/mol. The molecule has 0 heterocycles. The van der Waals surface area contributed by atoms with E-state index in [2.05, 4.69) is 0 Å². The van der Waals surface area contributed by atoms with Crippen molar-refractivity contribution in [3.63, 3.8) is 0 Å². The number of benzene rings is 2. The van der Waals surface area contributed by atoms with Crippen LogP contribution in [0.2, 0.25) is 5.02 Å². The highest BCUT2D eigenvalue weighted by Crippen LogP contribution is 2.32. The molecule has 0 aliphatic rings. The Morgan fingerprint density at radius 3 is 2.16 bits per heavy atom. The van der Waals surface area contributed by atoms with Gasteiger partial charge < -0.3 is 11.5 Å². The molecule has 0 aromatic heterocycles. The van der Waals surface area contributed by atoms with Crippen LogP contribution in [0.25, 0.3) is 0 Å². The van der Waals surface area contributed by atoms with Crippen LogP contribution in [0.15, 0.2) is 42.5 Å². The van der Waals surface area contributed by atoms with Gasteiger partial charge in [0.05, 0.1) is 10.7 Å². The predicted molar refractivity (Wildman–Crippen MR) is 83.9 cm³/mol. The van der Waals surface area contributed by atoms with E-state index in [0.29, 0.717) is 16.6 Å². The maximum atomic E-state index is 6.09. The smallest absolute Gasteiger partial charge is 0.0638 e. The first-order chi connectivity index (χ1) is 9.11. The van der Waals surface area contributed by atoms with E-state index in [-0.39, 0.29) is 5.92 Å². The standard InChI is InChI=1S/C15H16Cl2N2/c16-8-7-13(10-1-4-12(18)5-2-10)11-3-6-15(19)14(17)9-11/h1-6,9,13H,7-8,18-19H2. The zero-order chi connectivity index (χ0) is 13.8. The van der Waals surface area contributed by atoms with Crippen LogP contribution in [0.4, 0.5) is 11.4 Å². The van der Waals surface area contributed by atoms with E-state index in [1.807, 2.05) is 42.5 Å². The third kappa shape index (κ3) is 3.34. The lowest BCUT2D eigenvalue weighted by atomic mass is 9.89. The van der Waals surface area contributed by atoms with Crippen molar-refractivity contribution < 1.29 is 0 Å². The summed E-state index contributed by atoms with van der Waals surface area (Å²) in [5.41, 5.74) is 15.1. The topological polar surface area (TPSA) is 52.0 Å². The number of alkyl halides is 1. The second kappa shape index (κ2) is 6.18. The van der Waals surface area contributed by atoms with Gasteiger partial charge in [-0.25, -0.2) is 0 Å². The first-order valence-electron chi connectivity index (χ1n) is 6.08. The lowest BCUT2D eigenvalue weighted by molar-refractivity contribution is 0.783. The third-order valence-corrected chi connectivity index (χ3v) is 3.71. The molecule has 0 saturated heterocycles. The molecule has 0 saturated carbocycles. The SMILES string of the molecule is Nc1ccc(C(CCCl)c2ccc(N)c(Cl)c2)cc1. The second-order valence-electron chi connectivity index (χ2n) is 4.48. The van der Waals surface area contributed by atoms with Gasteiger partial charge in [-0.15, -0.1) is 11.6 Å². The minimum Gasteiger partial charge on any atom is -0.399 e. The minimum absolute atomic E-state index is 0.205. The van der Waals surface area contributed by atoms with Crippen LogP contribution < -0.4 is 11.5 Å². The molecular formula is C15H16Cl2N2. The fraction of sp³-hybridized carbons (Fsp3) is 0.200. The van der Waals surface area contributed by atoms with Crippen LogP contribution in [0.5, 0.6) is 0 Å². The largest absolute Gasteiger partial charge is 0.399 e. The zero-order valence-electron chi connectivity index (χ0n) is 10.4. The molecule has 4 heteroatoms. The van der Waals surface area contributed by atoms with Crippen molar-refractivity contribution in [2.24, 2.45) is 0 Å². The number of hydrogen-bond acceptors (Lipinski definition) is 2. The van der Waals surface area contributed by atoms with Gasteiger partial charge in [-0.05, 0) is 41.8 Å². The van der Waals surface area contributed by atoms with Crippen LogP contribution in [-0.2, 0) is 0 Å². The van der Waals surface area contributed by atoms with Gasteiger partial charge >= 0.3 is 0 Å². The molecule has 1 unspecified atom stereocenters. The van der Waals surface area contributed by atoms with Gasteiger partial charge in [-0.1, -0.05) is 29.8 Å². The molecule has 4 N–H and O–H groups in total. The van der Waals surface area contributed by atoms with Gasteiger partial charge in [0.25, 0.3) is 0 Å². The molecule has 2 aromatic carbocycles. The molecule has 0 spiro atoms. The summed E-state index contributed by atoms with van der Waals surface area (Å²) in [6.07, 6.45) is 0.839. The van der Waals surface area contributed by atoms with Crippen LogP contribution >= 0.6 is 23.2 Å². The van der Waals surface area contributed by atoms with Gasteiger partial charge in [0.1, 0.15) is 0 Å². The lowest BCUT2D eigenvalue weighted by Gasteiger charge is -2.18. The Bertz CT molecular complexity index is 553. The predicted octanol–water partition coefficient (Wildman–Crippen LogP) is 4.27. The molecule has 2 rings (SSSR count). The van der Waals surface area contributed by atoms with Gasteiger partial charge in [-0.3, -0.25) is 0 Å². The van der Waals surface area contributed by atoms with Crippen molar-refractivity contribution in [1.82, 2.24) is 0 Å². The molecule has 2 aromatic rings. The van der Waals surface area contributed by atoms with Crippen LogP contribution in [0, 0.1) is 0 Å². The van der Waals surface area contributed by atoms with Gasteiger partial charge in [-0.2, -0.15) is 0 Å². The summed E-state index contributed by atoms with van der Waals surface area (Å²) in [5, 5.41) is 0.576. The number of nitrogen functional groups attached to an aromatic ring is 2. The quantitative estimate of drug-likeness (QED) is 0.654. The number of rotatable bonds is 4. The number of anilines is 2. The second-order valence-corrected chi connectivity index (χ2v) is 5.26. The van der Waals surface area contributed by atoms with E-state index >= 15 is 0 Å². The monoisotopic (exact) mass is 294 g/mol. The highest BCUT2D eigenvalue weighted by Gasteiger charge is 2.14. The fourth-order valence-corrected chi connectivity index (χ4v) is 2.53. The van der Waals surface area contributed by atoms with Crippen molar-refractivity contribution in [2.45, 2.75) is 12.3 Å². The Kier molecular flexibility index (Phi) is 4.56. The summed E-state index contributed by atoms with van der Waals surface area (Å²) in [5.74, 6) is 0.785. The molecule has 0 aliphatic heterocycles. The highest BCUT2D eigenvalue weighted by molar-refractivity contribution is 6.33. The summed E-state index contributed by atoms with van der Waals surface area (Å²) >= 11 is 12.0. The Balaban J connectivity index is 2.38. The molecule has 0 amide bonds. The first-order valence-corrected chi connectivity index (χ1v) is 6.99. The molecule has 2 nitrogen and oxygen atoms in total. The van der Waals surface area contributed by atoms with Gasteiger partial charge in [0.2, 0.25) is 0 Å². The Hall–Kier alpha value is -1.38. The van der Waals surface area contributed by atoms with E-state index in [4.69, 9.17) is 34.7 Å². The Morgan fingerprint density at radius 1 is 0.947 bits per heavy atom. The van der Waals surface area contributed by atoms with Crippen molar-refractivity contribution in [3.05, 3.63) is 58.6 Å². The van der Waals surface area contributed by atoms with Crippen LogP contribution in [-0.4, -0.2) is 5.88 Å². The van der Waals surface area contributed by atoms with Gasteiger partial charge in [0.15, 0.2) is 0 Å². The van der Waals surface area contributed by atoms with Crippen LogP contribution in [0.3, 0.4) is 0 Å². The summed E-state index contributed by atoms with van der Waals surface area (Å²) in [4.78, 5) is 0. The van der Waals surface area contributed by atoms with Gasteiger partial charge in [0, 0.05) is 17.5 Å². The highest BCUT2D eigenvalue weighted by atomic mass is 35.5. The number of hydrogen-bond donors (Lipinski definition) is 2. The Labute approximate surface area is 123 Å². The average Bonchev–Trinajstić information content (AvgIpc) is 2.41. The van der Waals surface area contributed by atoms with Crippen molar-refractivity contribution in [2.75, 3.05) is 17.3 Å². The summed E-state index contributed by atoms with van der Waals surface area (Å²) in [6.45, 7) is 0. The van der Waals surface area contributed by atoms with Crippen LogP contribution in [0.1, 0.15) is 23.5 Å². The number of nitrogens with two attached hydrogens (primary N) is 2. The van der Waals surface area contributed by atoms with E-state index in [0.717, 1.165) is 17.7 Å². The zero-order valence-corrected chi connectivity index (χ0v) is 12.0. The third-order valence-electron chi connectivity index (χ3n) is 3.16. The summed E-state index contributed by atoms with van der Waals surface area (Å²) in [6, 6.07) is 13.6. The lowest BCUT2D eigenvalue weighted by Crippen LogP contribution is -2.03. The Morgan fingerprint density at radius 2 is 1.58 bits per heavy atom. The molecule has 0 radical (unpaired) electrons. The fourth-order valence-electron chi connectivity index (χ4n) is 2.12. The van der Waals surface area contributed by atoms with Crippen molar-refractivity contribution in [1.29, 1.82) is 0 Å². The maximum absolute atomic E-state index is 6.09. The summed E-state index contributed by atoms with van der Waals surface area (Å²) in [7, 11) is 0. The molecule has 0 bridgehead atoms.